The summed E-state index contributed by atoms with van der Waals surface area (Å²) >= 11 is 6.53. The first-order valence-electron chi connectivity index (χ1n) is 11.5. The van der Waals surface area contributed by atoms with E-state index in [2.05, 4.69) is 29.6 Å². The molecule has 0 aliphatic carbocycles. The maximum absolute atomic E-state index is 13.5. The summed E-state index contributed by atoms with van der Waals surface area (Å²) in [6, 6.07) is 2.65. The van der Waals surface area contributed by atoms with E-state index in [1.165, 1.54) is 20.4 Å². The van der Waals surface area contributed by atoms with Gasteiger partial charge in [-0.25, -0.2) is 18.4 Å². The highest BCUT2D eigenvalue weighted by Gasteiger charge is 2.26. The molecule has 9 nitrogen and oxygen atoms in total. The smallest absolute Gasteiger partial charge is 0.264 e. The Labute approximate surface area is 212 Å². The summed E-state index contributed by atoms with van der Waals surface area (Å²) < 4.78 is 39.9. The van der Waals surface area contributed by atoms with Crippen molar-refractivity contribution in [3.8, 4) is 17.0 Å². The van der Waals surface area contributed by atoms with Gasteiger partial charge in [0, 0.05) is 45.2 Å². The molecule has 12 heteroatoms. The monoisotopic (exact) mass is 540 g/mol. The van der Waals surface area contributed by atoms with Gasteiger partial charge in [-0.3, -0.25) is 9.36 Å². The van der Waals surface area contributed by atoms with Crippen LogP contribution >= 0.6 is 11.6 Å². The highest BCUT2D eigenvalue weighted by Crippen LogP contribution is 2.37. The fourth-order valence-electron chi connectivity index (χ4n) is 3.62. The maximum atomic E-state index is 13.5. The molecule has 0 bridgehead atoms. The molecule has 0 atom stereocenters. The Balaban J connectivity index is 2.22. The molecule has 3 aromatic rings. The molecule has 0 aliphatic rings. The predicted molar refractivity (Wildman–Crippen MR) is 141 cm³/mol. The summed E-state index contributed by atoms with van der Waals surface area (Å²) in [5.41, 5.74) is 0.792. The number of hydrogen-bond donors (Lipinski definition) is 0. The van der Waals surface area contributed by atoms with Crippen LogP contribution in [0, 0.1) is 0 Å². The fourth-order valence-corrected chi connectivity index (χ4v) is 6.24. The minimum atomic E-state index is -3.76. The van der Waals surface area contributed by atoms with Crippen LogP contribution in [0.25, 0.3) is 22.2 Å². The zero-order chi connectivity index (χ0) is 26.0. The summed E-state index contributed by atoms with van der Waals surface area (Å²) in [6.07, 6.45) is 4.45. The number of rotatable bonds is 11. The van der Waals surface area contributed by atoms with E-state index in [0.717, 1.165) is 10.6 Å². The number of methoxy groups -OCH3 is 1. The molecular weight excluding hydrogens is 508 g/mol. The average Bonchev–Trinajstić information content (AvgIpc) is 3.15. The first-order chi connectivity index (χ1) is 16.4. The molecule has 3 aromatic heterocycles. The number of halogens is 1. The standard InChI is InChI=1S/C23H33ClN4O5SSi/c1-7-8-12-34(30,31)23-26-20-18(22(29)27(23)2)17(16-9-10-25-21(32-3)19(16)24)14-28(20)15-33-11-13-35(4,5)6/h9-10,14H,7-8,11-13,15H2,1-6H3. The van der Waals surface area contributed by atoms with E-state index in [-0.39, 0.29) is 39.6 Å². The summed E-state index contributed by atoms with van der Waals surface area (Å²) in [5, 5.41) is 0.246. The molecule has 0 N–H and O–H groups in total. The molecule has 0 radical (unpaired) electrons. The topological polar surface area (TPSA) is 105 Å². The second-order valence-electron chi connectivity index (χ2n) is 9.67. The van der Waals surface area contributed by atoms with Gasteiger partial charge in [0.05, 0.1) is 18.2 Å². The zero-order valence-corrected chi connectivity index (χ0v) is 23.7. The lowest BCUT2D eigenvalue weighted by Gasteiger charge is -2.15. The number of aromatic nitrogens is 4. The second kappa shape index (κ2) is 10.8. The molecule has 0 saturated heterocycles. The molecule has 0 saturated carbocycles. The van der Waals surface area contributed by atoms with Crippen LogP contribution < -0.4 is 10.3 Å². The summed E-state index contributed by atoms with van der Waals surface area (Å²) in [7, 11) is -2.17. The first kappa shape index (κ1) is 27.4. The molecule has 35 heavy (non-hydrogen) atoms. The Morgan fingerprint density at radius 3 is 2.54 bits per heavy atom. The van der Waals surface area contributed by atoms with E-state index in [4.69, 9.17) is 21.1 Å². The van der Waals surface area contributed by atoms with E-state index in [9.17, 15) is 13.2 Å². The van der Waals surface area contributed by atoms with Gasteiger partial charge < -0.3 is 14.0 Å². The van der Waals surface area contributed by atoms with Gasteiger partial charge in [0.15, 0.2) is 5.65 Å². The van der Waals surface area contributed by atoms with E-state index in [1.54, 1.807) is 16.8 Å². The van der Waals surface area contributed by atoms with Gasteiger partial charge in [-0.15, -0.1) is 0 Å². The van der Waals surface area contributed by atoms with E-state index >= 15 is 0 Å². The van der Waals surface area contributed by atoms with E-state index in [0.29, 0.717) is 30.6 Å². The Kier molecular flexibility index (Phi) is 8.46. The van der Waals surface area contributed by atoms with Crippen molar-refractivity contribution in [1.82, 2.24) is 19.1 Å². The van der Waals surface area contributed by atoms with Crippen LogP contribution in [0.5, 0.6) is 5.88 Å². The average molecular weight is 541 g/mol. The quantitative estimate of drug-likeness (QED) is 0.202. The molecule has 0 amide bonds. The largest absolute Gasteiger partial charge is 0.480 e. The van der Waals surface area contributed by atoms with Crippen LogP contribution in [0.1, 0.15) is 19.8 Å². The normalized spacial score (nSPS) is 12.4. The Hall–Kier alpha value is -2.21. The fraction of sp³-hybridized carbons (Fsp3) is 0.522. The number of nitrogens with zero attached hydrogens (tertiary/aromatic N) is 4. The van der Waals surface area contributed by atoms with Crippen molar-refractivity contribution >= 4 is 40.5 Å². The molecule has 0 aromatic carbocycles. The van der Waals surface area contributed by atoms with Gasteiger partial charge in [0.25, 0.3) is 5.56 Å². The molecular formula is C23H33ClN4O5SSi. The molecule has 0 fully saturated rings. The summed E-state index contributed by atoms with van der Waals surface area (Å²) in [4.78, 5) is 22.1. The number of hydrogen-bond acceptors (Lipinski definition) is 7. The first-order valence-corrected chi connectivity index (χ1v) is 17.2. The van der Waals surface area contributed by atoms with Gasteiger partial charge in [-0.1, -0.05) is 44.6 Å². The Morgan fingerprint density at radius 2 is 1.91 bits per heavy atom. The lowest BCUT2D eigenvalue weighted by Crippen LogP contribution is -2.26. The third-order valence-electron chi connectivity index (χ3n) is 5.67. The van der Waals surface area contributed by atoms with Crippen molar-refractivity contribution in [2.75, 3.05) is 19.5 Å². The van der Waals surface area contributed by atoms with Crippen molar-refractivity contribution in [2.24, 2.45) is 7.05 Å². The minimum Gasteiger partial charge on any atom is -0.480 e. The highest BCUT2D eigenvalue weighted by molar-refractivity contribution is 7.91. The molecule has 192 valence electrons. The lowest BCUT2D eigenvalue weighted by atomic mass is 10.1. The molecule has 3 heterocycles. The third kappa shape index (κ3) is 5.96. The number of ether oxygens (including phenoxy) is 2. The van der Waals surface area contributed by atoms with Crippen molar-refractivity contribution in [3.05, 3.63) is 33.8 Å². The van der Waals surface area contributed by atoms with Gasteiger partial charge in [-0.05, 0) is 18.5 Å². The minimum absolute atomic E-state index is 0.0804. The highest BCUT2D eigenvalue weighted by atomic mass is 35.5. The molecule has 3 rings (SSSR count). The Bertz CT molecular complexity index is 1380. The summed E-state index contributed by atoms with van der Waals surface area (Å²) in [5.74, 6) is 0.142. The van der Waals surface area contributed by atoms with E-state index < -0.39 is 23.5 Å². The van der Waals surface area contributed by atoms with Crippen molar-refractivity contribution in [2.45, 2.75) is 57.3 Å². The van der Waals surface area contributed by atoms with Gasteiger partial charge in [0.1, 0.15) is 11.8 Å². The van der Waals surface area contributed by atoms with Crippen LogP contribution in [0.4, 0.5) is 0 Å². The number of fused-ring (bicyclic) bond motifs is 1. The number of unbranched alkanes of at least 4 members (excludes halogenated alkanes) is 1. The van der Waals surface area contributed by atoms with Gasteiger partial charge >= 0.3 is 0 Å². The lowest BCUT2D eigenvalue weighted by molar-refractivity contribution is 0.0898. The van der Waals surface area contributed by atoms with Crippen LogP contribution in [-0.2, 0) is 28.4 Å². The van der Waals surface area contributed by atoms with E-state index in [1.807, 2.05) is 6.92 Å². The molecule has 0 aliphatic heterocycles. The SMILES string of the molecule is CCCCS(=O)(=O)c1nc2c(c(-c3ccnc(OC)c3Cl)cn2COCC[Si](C)(C)C)c(=O)n1C. The zero-order valence-electron chi connectivity index (χ0n) is 21.1. The Morgan fingerprint density at radius 1 is 1.20 bits per heavy atom. The van der Waals surface area contributed by atoms with Gasteiger partial charge in [-0.2, -0.15) is 0 Å². The third-order valence-corrected chi connectivity index (χ3v) is 9.49. The molecule has 0 spiro atoms. The van der Waals surface area contributed by atoms with Crippen molar-refractivity contribution in [3.63, 3.8) is 0 Å². The van der Waals surface area contributed by atoms with Gasteiger partial charge in [0.2, 0.25) is 20.9 Å². The maximum Gasteiger partial charge on any atom is 0.264 e. The number of pyridine rings is 1. The predicted octanol–water partition coefficient (Wildman–Crippen LogP) is 4.35. The van der Waals surface area contributed by atoms with Crippen molar-refractivity contribution < 1.29 is 17.9 Å². The van der Waals surface area contributed by atoms with Crippen LogP contribution in [0.3, 0.4) is 0 Å². The molecule has 0 unspecified atom stereocenters. The van der Waals surface area contributed by atoms with Crippen LogP contribution in [0.2, 0.25) is 30.7 Å². The second-order valence-corrected chi connectivity index (χ2v) is 17.7. The van der Waals surface area contributed by atoms with Crippen LogP contribution in [-0.4, -0.2) is 55.1 Å². The summed E-state index contributed by atoms with van der Waals surface area (Å²) in [6.45, 7) is 9.37. The van der Waals surface area contributed by atoms with Crippen LogP contribution in [0.15, 0.2) is 28.4 Å². The number of sulfone groups is 1. The van der Waals surface area contributed by atoms with Crippen molar-refractivity contribution in [1.29, 1.82) is 0 Å².